The van der Waals surface area contributed by atoms with E-state index in [1.54, 1.807) is 37.3 Å². The third-order valence-electron chi connectivity index (χ3n) is 4.89. The van der Waals surface area contributed by atoms with Crippen LogP contribution in [0.25, 0.3) is 22.4 Å². The minimum atomic E-state index is -2.82. The lowest BCUT2D eigenvalue weighted by molar-refractivity contribution is -0.118. The van der Waals surface area contributed by atoms with Crippen molar-refractivity contribution in [3.8, 4) is 28.3 Å². The number of nitrogen functional groups attached to an aromatic ring is 1. The van der Waals surface area contributed by atoms with E-state index in [1.807, 2.05) is 6.07 Å². The maximum atomic E-state index is 13.5. The fourth-order valence-corrected chi connectivity index (χ4v) is 3.44. The highest BCUT2D eigenvalue weighted by molar-refractivity contribution is 5.92. The van der Waals surface area contributed by atoms with E-state index < -0.39 is 30.5 Å². The highest BCUT2D eigenvalue weighted by atomic mass is 19.3. The second-order valence-corrected chi connectivity index (χ2v) is 7.54. The average Bonchev–Trinajstić information content (AvgIpc) is 2.83. The second kappa shape index (κ2) is 10.2. The highest BCUT2D eigenvalue weighted by Gasteiger charge is 2.22. The van der Waals surface area contributed by atoms with Gasteiger partial charge >= 0.3 is 0 Å². The van der Waals surface area contributed by atoms with Crippen LogP contribution in [0.15, 0.2) is 66.7 Å². The van der Waals surface area contributed by atoms with Gasteiger partial charge in [0.15, 0.2) is 6.61 Å². The van der Waals surface area contributed by atoms with Crippen LogP contribution in [0.3, 0.4) is 0 Å². The molecule has 0 aliphatic rings. The van der Waals surface area contributed by atoms with Crippen molar-refractivity contribution in [2.75, 3.05) is 17.7 Å². The fourth-order valence-electron chi connectivity index (χ4n) is 3.44. The molecule has 7 nitrogen and oxygen atoms in total. The first-order valence-electron chi connectivity index (χ1n) is 10.5. The monoisotopic (exact) mass is 479 g/mol. The zero-order chi connectivity index (χ0) is 24.9. The van der Waals surface area contributed by atoms with Crippen LogP contribution in [0.1, 0.15) is 17.8 Å². The van der Waals surface area contributed by atoms with Gasteiger partial charge in [-0.2, -0.15) is 4.98 Å². The normalized spacial score (nSPS) is 10.9. The first-order valence-corrected chi connectivity index (χ1v) is 10.5. The summed E-state index contributed by atoms with van der Waals surface area (Å²) in [4.78, 5) is 24.7. The van der Waals surface area contributed by atoms with Crippen molar-refractivity contribution in [1.82, 2.24) is 15.0 Å². The average molecular weight is 479 g/mol. The molecule has 2 aromatic heterocycles. The summed E-state index contributed by atoms with van der Waals surface area (Å²) in [6, 6.07) is 16.9. The maximum absolute atomic E-state index is 13.5. The van der Waals surface area contributed by atoms with E-state index in [0.717, 1.165) is 0 Å². The van der Waals surface area contributed by atoms with Gasteiger partial charge in [-0.15, -0.1) is 0 Å². The van der Waals surface area contributed by atoms with Crippen LogP contribution in [0.2, 0.25) is 0 Å². The smallest absolute Gasteiger partial charge is 0.280 e. The molecule has 0 saturated heterocycles. The molecule has 0 unspecified atom stereocenters. The van der Waals surface area contributed by atoms with Crippen LogP contribution in [0, 0.1) is 12.7 Å². The molecule has 0 radical (unpaired) electrons. The summed E-state index contributed by atoms with van der Waals surface area (Å²) in [6.45, 7) is 1.13. The molecule has 4 rings (SSSR count). The number of carbonyl (C=O) groups is 1. The molecular formula is C25H20F3N5O2. The van der Waals surface area contributed by atoms with Gasteiger partial charge in [0.25, 0.3) is 12.3 Å². The van der Waals surface area contributed by atoms with Crippen LogP contribution in [-0.2, 0) is 4.79 Å². The number of halogens is 3. The number of benzene rings is 2. The lowest BCUT2D eigenvalue weighted by atomic mass is 9.99. The number of hydrogen-bond donors (Lipinski definition) is 2. The number of anilines is 2. The summed E-state index contributed by atoms with van der Waals surface area (Å²) < 4.78 is 46.3. The number of rotatable bonds is 7. The van der Waals surface area contributed by atoms with Gasteiger partial charge in [0.05, 0.1) is 11.3 Å². The number of pyridine rings is 1. The number of alkyl halides is 2. The van der Waals surface area contributed by atoms with Gasteiger partial charge in [0, 0.05) is 16.9 Å². The molecule has 178 valence electrons. The van der Waals surface area contributed by atoms with Crippen molar-refractivity contribution < 1.29 is 22.7 Å². The summed E-state index contributed by atoms with van der Waals surface area (Å²) in [6.07, 6.45) is -2.82. The molecule has 4 aromatic rings. The van der Waals surface area contributed by atoms with Crippen LogP contribution in [0.4, 0.5) is 24.8 Å². The Balaban J connectivity index is 1.78. The standard InChI is InChI=1S/C25H20F3N5O2/c1-14-11-16(12-19(30-14)23(27)28)21-22(15-7-9-17(26)10-8-15)32-25(29)33-24(21)35-13-20(34)31-18-5-3-2-4-6-18/h2-12,23H,13H2,1H3,(H,31,34)(H2,29,32,33). The van der Waals surface area contributed by atoms with E-state index in [9.17, 15) is 18.0 Å². The molecule has 10 heteroatoms. The predicted octanol–water partition coefficient (Wildman–Crippen LogP) is 5.19. The highest BCUT2D eigenvalue weighted by Crippen LogP contribution is 2.39. The van der Waals surface area contributed by atoms with Crippen molar-refractivity contribution in [3.05, 3.63) is 83.9 Å². The molecule has 1 amide bonds. The van der Waals surface area contributed by atoms with Crippen LogP contribution >= 0.6 is 0 Å². The molecule has 0 saturated carbocycles. The summed E-state index contributed by atoms with van der Waals surface area (Å²) in [7, 11) is 0. The number of aryl methyl sites for hydroxylation is 1. The SMILES string of the molecule is Cc1cc(-c2c(OCC(=O)Nc3ccccc3)nc(N)nc2-c2ccc(F)cc2)cc(C(F)F)n1. The van der Waals surface area contributed by atoms with Crippen LogP contribution < -0.4 is 15.8 Å². The Hall–Kier alpha value is -4.47. The summed E-state index contributed by atoms with van der Waals surface area (Å²) >= 11 is 0. The molecule has 0 aliphatic carbocycles. The quantitative estimate of drug-likeness (QED) is 0.378. The topological polar surface area (TPSA) is 103 Å². The fraction of sp³-hybridized carbons (Fsp3) is 0.120. The van der Waals surface area contributed by atoms with Gasteiger partial charge in [-0.25, -0.2) is 18.2 Å². The van der Waals surface area contributed by atoms with Gasteiger partial charge in [-0.05, 0) is 61.0 Å². The number of carbonyl (C=O) groups excluding carboxylic acids is 1. The van der Waals surface area contributed by atoms with Crippen molar-refractivity contribution in [2.24, 2.45) is 0 Å². The lowest BCUT2D eigenvalue weighted by Gasteiger charge is -2.16. The molecule has 0 fully saturated rings. The van der Waals surface area contributed by atoms with Gasteiger partial charge in [-0.3, -0.25) is 9.78 Å². The van der Waals surface area contributed by atoms with E-state index in [2.05, 4.69) is 20.3 Å². The third kappa shape index (κ3) is 5.72. The molecule has 3 N–H and O–H groups in total. The Morgan fingerprint density at radius 2 is 1.71 bits per heavy atom. The van der Waals surface area contributed by atoms with Crippen molar-refractivity contribution in [1.29, 1.82) is 0 Å². The Bertz CT molecular complexity index is 1350. The predicted molar refractivity (Wildman–Crippen MR) is 125 cm³/mol. The molecule has 35 heavy (non-hydrogen) atoms. The Labute approximate surface area is 198 Å². The first kappa shape index (κ1) is 23.7. The molecular weight excluding hydrogens is 459 g/mol. The largest absolute Gasteiger partial charge is 0.467 e. The Morgan fingerprint density at radius 1 is 1.00 bits per heavy atom. The molecule has 0 aliphatic heterocycles. The molecule has 2 heterocycles. The number of aromatic nitrogens is 3. The number of ether oxygens (including phenoxy) is 1. The molecule has 2 aromatic carbocycles. The zero-order valence-electron chi connectivity index (χ0n) is 18.5. The minimum Gasteiger partial charge on any atom is -0.467 e. The van der Waals surface area contributed by atoms with Gasteiger partial charge in [0.2, 0.25) is 11.8 Å². The number of nitrogens with zero attached hydrogens (tertiary/aromatic N) is 3. The number of hydrogen-bond acceptors (Lipinski definition) is 6. The summed E-state index contributed by atoms with van der Waals surface area (Å²) in [5.41, 5.74) is 7.52. The molecule has 0 bridgehead atoms. The van der Waals surface area contributed by atoms with Crippen molar-refractivity contribution in [3.63, 3.8) is 0 Å². The van der Waals surface area contributed by atoms with E-state index in [4.69, 9.17) is 10.5 Å². The van der Waals surface area contributed by atoms with Crippen molar-refractivity contribution in [2.45, 2.75) is 13.3 Å². The maximum Gasteiger partial charge on any atom is 0.280 e. The second-order valence-electron chi connectivity index (χ2n) is 7.54. The van der Waals surface area contributed by atoms with Crippen LogP contribution in [-0.4, -0.2) is 27.5 Å². The number of nitrogens with one attached hydrogen (secondary N) is 1. The first-order chi connectivity index (χ1) is 16.8. The molecule has 0 spiro atoms. The van der Waals surface area contributed by atoms with E-state index >= 15 is 0 Å². The Morgan fingerprint density at radius 3 is 2.40 bits per heavy atom. The minimum absolute atomic E-state index is 0.0918. The van der Waals surface area contributed by atoms with E-state index in [1.165, 1.54) is 30.3 Å². The van der Waals surface area contributed by atoms with E-state index in [-0.39, 0.29) is 28.6 Å². The summed E-state index contributed by atoms with van der Waals surface area (Å²) in [5, 5.41) is 2.68. The molecule has 0 atom stereocenters. The van der Waals surface area contributed by atoms with Gasteiger partial charge < -0.3 is 15.8 Å². The van der Waals surface area contributed by atoms with Crippen LogP contribution in [0.5, 0.6) is 5.88 Å². The van der Waals surface area contributed by atoms with E-state index in [0.29, 0.717) is 16.9 Å². The van der Waals surface area contributed by atoms with Gasteiger partial charge in [0.1, 0.15) is 11.5 Å². The number of para-hydroxylation sites is 1. The number of amides is 1. The zero-order valence-corrected chi connectivity index (χ0v) is 18.5. The Kier molecular flexibility index (Phi) is 6.91. The number of nitrogens with two attached hydrogens (primary N) is 1. The lowest BCUT2D eigenvalue weighted by Crippen LogP contribution is -2.21. The summed E-state index contributed by atoms with van der Waals surface area (Å²) in [5.74, 6) is -1.20. The van der Waals surface area contributed by atoms with Gasteiger partial charge in [-0.1, -0.05) is 18.2 Å². The van der Waals surface area contributed by atoms with Crippen molar-refractivity contribution >= 4 is 17.5 Å². The third-order valence-corrected chi connectivity index (χ3v) is 4.89.